The van der Waals surface area contributed by atoms with Crippen molar-refractivity contribution in [3.05, 3.63) is 37.2 Å². The van der Waals surface area contributed by atoms with Crippen LogP contribution in [0, 0.1) is 0 Å². The summed E-state index contributed by atoms with van der Waals surface area (Å²) in [5, 5.41) is 0. The summed E-state index contributed by atoms with van der Waals surface area (Å²) in [6.07, 6.45) is 0.547. The Balaban J connectivity index is 5.49. The Morgan fingerprint density at radius 1 is 0.727 bits per heavy atom. The van der Waals surface area contributed by atoms with E-state index in [2.05, 4.69) is 19.7 Å². The highest BCUT2D eigenvalue weighted by atomic mass is 31.2. The molecule has 0 aromatic rings. The molecule has 0 aromatic heterocycles. The maximum Gasteiger partial charge on any atom is 0.922 e. The minimum absolute atomic E-state index is 0.182. The molecular formula is C12H24AlO6P3. The molecule has 3 atom stereocenters. The fourth-order valence-corrected chi connectivity index (χ4v) is 9.83. The molecule has 6 nitrogen and oxygen atoms in total. The lowest BCUT2D eigenvalue weighted by Gasteiger charge is -2.24. The van der Waals surface area contributed by atoms with E-state index < -0.39 is 37.3 Å². The minimum Gasteiger partial charge on any atom is -0.402 e. The molecule has 0 aromatic carbocycles. The second kappa shape index (κ2) is 9.58. The summed E-state index contributed by atoms with van der Waals surface area (Å²) in [6, 6.07) is 0. The van der Waals surface area contributed by atoms with Crippen LogP contribution >= 0.6 is 22.1 Å². The van der Waals surface area contributed by atoms with E-state index in [4.69, 9.17) is 10.7 Å². The molecule has 10 heteroatoms. The lowest BCUT2D eigenvalue weighted by Crippen LogP contribution is -2.24. The van der Waals surface area contributed by atoms with Crippen molar-refractivity contribution in [2.45, 2.75) is 20.8 Å². The predicted molar refractivity (Wildman–Crippen MR) is 94.0 cm³/mol. The second-order valence-corrected chi connectivity index (χ2v) is 14.7. The Morgan fingerprint density at radius 3 is 1.09 bits per heavy atom. The summed E-state index contributed by atoms with van der Waals surface area (Å²) in [5.41, 5.74) is 0. The van der Waals surface area contributed by atoms with Gasteiger partial charge in [-0.1, -0.05) is 40.5 Å². The molecule has 0 aliphatic rings. The molecule has 0 radical (unpaired) electrons. The van der Waals surface area contributed by atoms with Crippen LogP contribution in [0.3, 0.4) is 0 Å². The Labute approximate surface area is 138 Å². The first kappa shape index (κ1) is 22.3. The molecule has 0 saturated heterocycles. The van der Waals surface area contributed by atoms with Gasteiger partial charge in [0.2, 0.25) is 22.1 Å². The van der Waals surface area contributed by atoms with Crippen LogP contribution < -0.4 is 0 Å². The lowest BCUT2D eigenvalue weighted by atomic mass is 11.0. The molecule has 0 fully saturated rings. The molecular weight excluding hydrogens is 360 g/mol. The first-order valence-corrected chi connectivity index (χ1v) is 13.9. The van der Waals surface area contributed by atoms with Gasteiger partial charge in [0.1, 0.15) is 0 Å². The van der Waals surface area contributed by atoms with Gasteiger partial charge < -0.3 is 10.7 Å². The van der Waals surface area contributed by atoms with Crippen LogP contribution in [0.15, 0.2) is 37.2 Å². The third-order valence-corrected chi connectivity index (χ3v) is 13.6. The van der Waals surface area contributed by atoms with E-state index in [9.17, 15) is 13.7 Å². The molecule has 0 N–H and O–H groups in total. The summed E-state index contributed by atoms with van der Waals surface area (Å²) in [7, 11) is -9.56. The van der Waals surface area contributed by atoms with Gasteiger partial charge in [-0.05, 0) is 17.5 Å². The van der Waals surface area contributed by atoms with Crippen LogP contribution in [0.5, 0.6) is 0 Å². The van der Waals surface area contributed by atoms with E-state index in [1.165, 1.54) is 17.5 Å². The zero-order valence-electron chi connectivity index (χ0n) is 13.3. The number of hydrogen-bond donors (Lipinski definition) is 0. The lowest BCUT2D eigenvalue weighted by molar-refractivity contribution is 0.313. The van der Waals surface area contributed by atoms with Gasteiger partial charge in [-0.25, -0.2) is 0 Å². The maximum atomic E-state index is 12.4. The van der Waals surface area contributed by atoms with Crippen LogP contribution in [-0.2, 0) is 24.4 Å². The van der Waals surface area contributed by atoms with E-state index >= 15 is 0 Å². The third-order valence-electron chi connectivity index (χ3n) is 2.95. The van der Waals surface area contributed by atoms with Gasteiger partial charge in [-0.15, -0.1) is 0 Å². The van der Waals surface area contributed by atoms with Gasteiger partial charge in [0, 0.05) is 18.5 Å². The van der Waals surface area contributed by atoms with Crippen molar-refractivity contribution >= 4 is 37.3 Å². The van der Waals surface area contributed by atoms with Crippen LogP contribution in [-0.4, -0.2) is 33.6 Å². The van der Waals surface area contributed by atoms with Crippen molar-refractivity contribution in [1.82, 2.24) is 0 Å². The zero-order valence-corrected chi connectivity index (χ0v) is 17.2. The first-order valence-electron chi connectivity index (χ1n) is 6.87. The van der Waals surface area contributed by atoms with Crippen molar-refractivity contribution in [2.75, 3.05) is 18.5 Å². The predicted octanol–water partition coefficient (Wildman–Crippen LogP) is 5.35. The normalized spacial score (nSPS) is 19.2. The highest BCUT2D eigenvalue weighted by molar-refractivity contribution is 7.66. The van der Waals surface area contributed by atoms with Crippen molar-refractivity contribution < 1.29 is 24.4 Å². The van der Waals surface area contributed by atoms with Crippen LogP contribution in [0.2, 0.25) is 0 Å². The van der Waals surface area contributed by atoms with E-state index in [-0.39, 0.29) is 18.5 Å². The molecule has 126 valence electrons. The SMILES string of the molecule is C=CP(=O)(CC)[O][Al]([O]P(=O)(C=C)CC)[O]P(=O)(C=C)CC. The van der Waals surface area contributed by atoms with E-state index in [1.54, 1.807) is 20.8 Å². The molecule has 0 aliphatic carbocycles. The fraction of sp³-hybridized carbons (Fsp3) is 0.500. The van der Waals surface area contributed by atoms with Crippen molar-refractivity contribution in [1.29, 1.82) is 0 Å². The molecule has 0 spiro atoms. The van der Waals surface area contributed by atoms with Crippen LogP contribution in [0.25, 0.3) is 0 Å². The van der Waals surface area contributed by atoms with Gasteiger partial charge in [-0.2, -0.15) is 0 Å². The Hall–Kier alpha value is 0.322. The maximum absolute atomic E-state index is 12.4. The molecule has 0 bridgehead atoms. The topological polar surface area (TPSA) is 78.9 Å². The first-order chi connectivity index (χ1) is 10.1. The van der Waals surface area contributed by atoms with Gasteiger partial charge in [0.25, 0.3) is 0 Å². The van der Waals surface area contributed by atoms with Crippen molar-refractivity contribution in [3.63, 3.8) is 0 Å². The zero-order chi connectivity index (χ0) is 17.4. The monoisotopic (exact) mass is 384 g/mol. The number of hydrogen-bond acceptors (Lipinski definition) is 6. The summed E-state index contributed by atoms with van der Waals surface area (Å²) in [5.74, 6) is 3.57. The molecule has 0 saturated carbocycles. The quantitative estimate of drug-likeness (QED) is 0.334. The summed E-state index contributed by atoms with van der Waals surface area (Å²) >= 11 is -3.22. The van der Waals surface area contributed by atoms with E-state index in [0.29, 0.717) is 0 Å². The Bertz CT molecular complexity index is 471. The number of rotatable bonds is 12. The molecule has 22 heavy (non-hydrogen) atoms. The van der Waals surface area contributed by atoms with Crippen molar-refractivity contribution in [2.24, 2.45) is 0 Å². The van der Waals surface area contributed by atoms with Crippen molar-refractivity contribution in [3.8, 4) is 0 Å². The molecule has 0 heterocycles. The van der Waals surface area contributed by atoms with Gasteiger partial charge in [0.15, 0.2) is 0 Å². The highest BCUT2D eigenvalue weighted by Crippen LogP contribution is 2.57. The van der Waals surface area contributed by atoms with Crippen LogP contribution in [0.1, 0.15) is 20.8 Å². The van der Waals surface area contributed by atoms with E-state index in [1.807, 2.05) is 0 Å². The average Bonchev–Trinajstić information content (AvgIpc) is 2.54. The highest BCUT2D eigenvalue weighted by Gasteiger charge is 2.46. The summed E-state index contributed by atoms with van der Waals surface area (Å²) < 4.78 is 53.4. The molecule has 0 amide bonds. The Morgan fingerprint density at radius 2 is 0.955 bits per heavy atom. The molecule has 0 aliphatic heterocycles. The molecule has 0 rings (SSSR count). The smallest absolute Gasteiger partial charge is 0.402 e. The molecule has 3 unspecified atom stereocenters. The van der Waals surface area contributed by atoms with Gasteiger partial charge in [0.05, 0.1) is 0 Å². The third kappa shape index (κ3) is 6.83. The summed E-state index contributed by atoms with van der Waals surface area (Å²) in [4.78, 5) is 0. The standard InChI is InChI=1S/3C4H9O2P.Al/c3*1-3-7(5,6)4-2;/h3*3H,1,4H2,2H3,(H,5,6);/q;;;+3/p-3. The summed E-state index contributed by atoms with van der Waals surface area (Å²) in [6.45, 7) is 15.4. The largest absolute Gasteiger partial charge is 0.922 e. The van der Waals surface area contributed by atoms with Gasteiger partial charge >= 0.3 is 15.1 Å². The van der Waals surface area contributed by atoms with Crippen LogP contribution in [0.4, 0.5) is 0 Å². The Kier molecular flexibility index (Phi) is 9.72. The fourth-order valence-electron chi connectivity index (χ4n) is 1.23. The second-order valence-electron chi connectivity index (χ2n) is 4.28. The van der Waals surface area contributed by atoms with E-state index in [0.717, 1.165) is 0 Å². The average molecular weight is 384 g/mol. The van der Waals surface area contributed by atoms with Gasteiger partial charge in [-0.3, -0.25) is 13.7 Å². The minimum atomic E-state index is -3.22.